The lowest BCUT2D eigenvalue weighted by molar-refractivity contribution is -0.388. The Morgan fingerprint density at radius 3 is 2.87 bits per heavy atom. The van der Waals surface area contributed by atoms with Crippen molar-refractivity contribution in [2.75, 3.05) is 18.0 Å². The van der Waals surface area contributed by atoms with Gasteiger partial charge in [0.15, 0.2) is 6.33 Å². The molecule has 6 nitrogen and oxygen atoms in total. The maximum absolute atomic E-state index is 10.7. The third kappa shape index (κ3) is 1.93. The lowest BCUT2D eigenvalue weighted by Crippen LogP contribution is -2.33. The average molecular weight is 210 g/mol. The molecule has 1 saturated heterocycles. The first kappa shape index (κ1) is 9.95. The summed E-state index contributed by atoms with van der Waals surface area (Å²) in [6, 6.07) is 0. The molecule has 1 aliphatic rings. The molecule has 0 radical (unpaired) electrons. The van der Waals surface area contributed by atoms with Crippen molar-refractivity contribution < 1.29 is 4.92 Å². The molecule has 1 N–H and O–H groups in total. The van der Waals surface area contributed by atoms with Crippen LogP contribution in [0.25, 0.3) is 0 Å². The number of hydrogen-bond acceptors (Lipinski definition) is 4. The van der Waals surface area contributed by atoms with Crippen LogP contribution in [0.1, 0.15) is 19.8 Å². The highest BCUT2D eigenvalue weighted by Crippen LogP contribution is 2.27. The van der Waals surface area contributed by atoms with E-state index >= 15 is 0 Å². The quantitative estimate of drug-likeness (QED) is 0.593. The van der Waals surface area contributed by atoms with Gasteiger partial charge >= 0.3 is 5.82 Å². The molecule has 6 heteroatoms. The van der Waals surface area contributed by atoms with E-state index in [-0.39, 0.29) is 5.82 Å². The van der Waals surface area contributed by atoms with Crippen molar-refractivity contribution in [1.29, 1.82) is 0 Å². The van der Waals surface area contributed by atoms with Crippen molar-refractivity contribution in [3.8, 4) is 0 Å². The van der Waals surface area contributed by atoms with E-state index in [9.17, 15) is 10.1 Å². The Bertz CT molecular complexity index is 355. The summed E-state index contributed by atoms with van der Waals surface area (Å²) >= 11 is 0. The number of aromatic nitrogens is 2. The number of nitrogens with zero attached hydrogens (tertiary/aromatic N) is 3. The number of imidazole rings is 1. The number of nitrogens with one attached hydrogen (secondary N) is 1. The molecule has 0 spiro atoms. The average Bonchev–Trinajstić information content (AvgIpc) is 2.67. The van der Waals surface area contributed by atoms with Gasteiger partial charge in [0, 0.05) is 13.1 Å². The van der Waals surface area contributed by atoms with Gasteiger partial charge in [-0.15, -0.1) is 0 Å². The maximum atomic E-state index is 10.7. The maximum Gasteiger partial charge on any atom is 0.365 e. The minimum atomic E-state index is -0.416. The van der Waals surface area contributed by atoms with E-state index in [1.165, 1.54) is 6.33 Å². The molecule has 0 atom stereocenters. The summed E-state index contributed by atoms with van der Waals surface area (Å²) < 4.78 is 0. The number of H-pyrrole nitrogens is 1. The first-order valence-electron chi connectivity index (χ1n) is 5.11. The van der Waals surface area contributed by atoms with Crippen LogP contribution in [0, 0.1) is 16.0 Å². The number of anilines is 1. The number of aromatic amines is 1. The molecule has 1 fully saturated rings. The van der Waals surface area contributed by atoms with Crippen molar-refractivity contribution in [3.05, 3.63) is 16.4 Å². The van der Waals surface area contributed by atoms with Crippen molar-refractivity contribution in [2.45, 2.75) is 19.8 Å². The fourth-order valence-corrected chi connectivity index (χ4v) is 1.87. The molecular formula is C9H14N4O2. The van der Waals surface area contributed by atoms with Crippen LogP contribution in [-0.2, 0) is 0 Å². The van der Waals surface area contributed by atoms with Gasteiger partial charge in [0.1, 0.15) is 0 Å². The van der Waals surface area contributed by atoms with Crippen molar-refractivity contribution >= 4 is 11.6 Å². The van der Waals surface area contributed by atoms with E-state index in [4.69, 9.17) is 0 Å². The Morgan fingerprint density at radius 2 is 2.27 bits per heavy atom. The number of nitro groups is 1. The monoisotopic (exact) mass is 210 g/mol. The minimum absolute atomic E-state index is 0.00422. The van der Waals surface area contributed by atoms with Gasteiger partial charge in [-0.1, -0.05) is 6.92 Å². The highest BCUT2D eigenvalue weighted by molar-refractivity contribution is 5.53. The summed E-state index contributed by atoms with van der Waals surface area (Å²) in [4.78, 5) is 18.8. The third-order valence-electron chi connectivity index (χ3n) is 2.87. The molecule has 1 aromatic rings. The summed E-state index contributed by atoms with van der Waals surface area (Å²) in [5, 5.41) is 10.7. The first-order valence-corrected chi connectivity index (χ1v) is 5.11. The van der Waals surface area contributed by atoms with Crippen LogP contribution in [0.2, 0.25) is 0 Å². The smallest absolute Gasteiger partial charge is 0.358 e. The summed E-state index contributed by atoms with van der Waals surface area (Å²) in [5.41, 5.74) is 0. The molecule has 0 unspecified atom stereocenters. The fourth-order valence-electron chi connectivity index (χ4n) is 1.87. The van der Waals surface area contributed by atoms with Crippen LogP contribution >= 0.6 is 0 Å². The van der Waals surface area contributed by atoms with Gasteiger partial charge in [0.25, 0.3) is 0 Å². The van der Waals surface area contributed by atoms with Crippen LogP contribution in [-0.4, -0.2) is 28.0 Å². The molecule has 0 amide bonds. The fraction of sp³-hybridized carbons (Fsp3) is 0.667. The van der Waals surface area contributed by atoms with E-state index in [0.717, 1.165) is 25.9 Å². The molecule has 2 heterocycles. The van der Waals surface area contributed by atoms with E-state index in [0.29, 0.717) is 11.7 Å². The van der Waals surface area contributed by atoms with Gasteiger partial charge in [0.05, 0.1) is 0 Å². The van der Waals surface area contributed by atoms with E-state index in [1.807, 2.05) is 4.90 Å². The number of rotatable bonds is 2. The molecule has 0 aliphatic carbocycles. The van der Waals surface area contributed by atoms with Gasteiger partial charge in [0.2, 0.25) is 5.82 Å². The molecule has 0 saturated carbocycles. The lowest BCUT2D eigenvalue weighted by Gasteiger charge is -2.29. The number of piperidine rings is 1. The summed E-state index contributed by atoms with van der Waals surface area (Å²) in [5.74, 6) is 1.19. The topological polar surface area (TPSA) is 75.1 Å². The van der Waals surface area contributed by atoms with Crippen molar-refractivity contribution in [2.24, 2.45) is 5.92 Å². The summed E-state index contributed by atoms with van der Waals surface area (Å²) in [6.45, 7) is 3.91. The van der Waals surface area contributed by atoms with E-state index in [2.05, 4.69) is 16.9 Å². The molecule has 15 heavy (non-hydrogen) atoms. The number of hydrogen-bond donors (Lipinski definition) is 1. The first-order chi connectivity index (χ1) is 7.18. The molecule has 0 aromatic carbocycles. The zero-order valence-corrected chi connectivity index (χ0v) is 8.64. The Labute approximate surface area is 87.5 Å². The summed E-state index contributed by atoms with van der Waals surface area (Å²) in [6.07, 6.45) is 3.53. The predicted octanol–water partition coefficient (Wildman–Crippen LogP) is 1.55. The predicted molar refractivity (Wildman–Crippen MR) is 55.9 cm³/mol. The normalized spacial score (nSPS) is 18.1. The molecule has 82 valence electrons. The molecule has 1 aliphatic heterocycles. The highest BCUT2D eigenvalue weighted by Gasteiger charge is 2.24. The SMILES string of the molecule is CC1CCN(c2nc[nH]c2[N+](=O)[O-])CC1. The second-order valence-electron chi connectivity index (χ2n) is 4.00. The molecule has 1 aromatic heterocycles. The van der Waals surface area contributed by atoms with Gasteiger partial charge < -0.3 is 15.0 Å². The van der Waals surface area contributed by atoms with Crippen LogP contribution in [0.3, 0.4) is 0 Å². The highest BCUT2D eigenvalue weighted by atomic mass is 16.6. The zero-order valence-electron chi connectivity index (χ0n) is 8.64. The van der Waals surface area contributed by atoms with Gasteiger partial charge in [-0.3, -0.25) is 0 Å². The van der Waals surface area contributed by atoms with Gasteiger partial charge in [-0.25, -0.2) is 4.98 Å². The minimum Gasteiger partial charge on any atom is -0.358 e. The molecule has 0 bridgehead atoms. The third-order valence-corrected chi connectivity index (χ3v) is 2.87. The standard InChI is InChI=1S/C9H14N4O2/c1-7-2-4-12(5-3-7)8-9(13(14)15)11-6-10-8/h6-7H,2-5H2,1H3,(H,10,11). The van der Waals surface area contributed by atoms with Crippen LogP contribution < -0.4 is 4.90 Å². The van der Waals surface area contributed by atoms with E-state index in [1.54, 1.807) is 0 Å². The lowest BCUT2D eigenvalue weighted by atomic mass is 9.99. The largest absolute Gasteiger partial charge is 0.365 e. The van der Waals surface area contributed by atoms with Crippen molar-refractivity contribution in [1.82, 2.24) is 9.97 Å². The Hall–Kier alpha value is -1.59. The molecular weight excluding hydrogens is 196 g/mol. The summed E-state index contributed by atoms with van der Waals surface area (Å²) in [7, 11) is 0. The Balaban J connectivity index is 2.15. The van der Waals surface area contributed by atoms with E-state index < -0.39 is 4.92 Å². The van der Waals surface area contributed by atoms with Crippen LogP contribution in [0.4, 0.5) is 11.6 Å². The Kier molecular flexibility index (Phi) is 2.57. The van der Waals surface area contributed by atoms with Crippen LogP contribution in [0.15, 0.2) is 6.33 Å². The van der Waals surface area contributed by atoms with Gasteiger partial charge in [-0.2, -0.15) is 4.98 Å². The van der Waals surface area contributed by atoms with Gasteiger partial charge in [-0.05, 0) is 23.7 Å². The second kappa shape index (κ2) is 3.88. The van der Waals surface area contributed by atoms with Crippen LogP contribution in [0.5, 0.6) is 0 Å². The Morgan fingerprint density at radius 1 is 1.60 bits per heavy atom. The second-order valence-corrected chi connectivity index (χ2v) is 4.00. The van der Waals surface area contributed by atoms with Crippen molar-refractivity contribution in [3.63, 3.8) is 0 Å². The zero-order chi connectivity index (χ0) is 10.8. The molecule has 2 rings (SSSR count).